The second-order valence-corrected chi connectivity index (χ2v) is 14.3. The number of hydrogen-bond acceptors (Lipinski definition) is 7. The molecule has 11 nitrogen and oxygen atoms in total. The van der Waals surface area contributed by atoms with E-state index in [2.05, 4.69) is 4.98 Å². The molecule has 2 saturated carbocycles. The molecular formula is C30H35F2N7O4S. The molecule has 8 rings (SSSR count). The van der Waals surface area contributed by atoms with E-state index in [0.717, 1.165) is 49.7 Å². The summed E-state index contributed by atoms with van der Waals surface area (Å²) in [5.41, 5.74) is 9.91. The number of ether oxygens (including phenoxy) is 1. The first-order valence-electron chi connectivity index (χ1n) is 14.9. The standard InChI is InChI=1S/C30H35F2N7O4S/c1-16-27(23-11-19-7-9-24(39(30(31)32)44(3,41)42)35-28(19)36(23)14-17-4-5-17)34-25-12-20(13-26(43-2)38(16)25)29(40)37-15-18-6-8-22(37)21(33)10-18/h7,9,11-13,17-18,21-22,30H,4-6,8,10,14-15,33H2,1-3H3/t18-,21+,22+/m0/s1. The van der Waals surface area contributed by atoms with Gasteiger partial charge in [0.2, 0.25) is 10.0 Å². The minimum absolute atomic E-state index is 0.0194. The van der Waals surface area contributed by atoms with Crippen molar-refractivity contribution in [2.24, 2.45) is 17.6 Å². The maximum atomic E-state index is 13.8. The van der Waals surface area contributed by atoms with E-state index in [1.165, 1.54) is 6.07 Å². The maximum absolute atomic E-state index is 13.8. The van der Waals surface area contributed by atoms with Gasteiger partial charge in [0.1, 0.15) is 22.8 Å². The van der Waals surface area contributed by atoms with Crippen LogP contribution in [-0.4, -0.2) is 76.7 Å². The zero-order valence-corrected chi connectivity index (χ0v) is 25.6. The van der Waals surface area contributed by atoms with Gasteiger partial charge in [-0.15, -0.1) is 0 Å². The number of nitrogens with two attached hydrogens (primary N) is 1. The molecule has 1 amide bonds. The number of nitrogens with zero attached hydrogens (tertiary/aromatic N) is 6. The molecule has 3 atom stereocenters. The molecular weight excluding hydrogens is 592 g/mol. The van der Waals surface area contributed by atoms with Gasteiger partial charge >= 0.3 is 6.55 Å². The highest BCUT2D eigenvalue weighted by atomic mass is 32.2. The van der Waals surface area contributed by atoms with Crippen LogP contribution in [0.15, 0.2) is 30.3 Å². The number of piperidine rings is 2. The number of alkyl halides is 2. The van der Waals surface area contributed by atoms with Gasteiger partial charge < -0.3 is 19.9 Å². The molecule has 0 spiro atoms. The molecule has 2 aliphatic carbocycles. The van der Waals surface area contributed by atoms with Gasteiger partial charge in [-0.2, -0.15) is 13.1 Å². The molecule has 4 aliphatic rings. The summed E-state index contributed by atoms with van der Waals surface area (Å²) in [6.45, 7) is -0.0963. The smallest absolute Gasteiger partial charge is 0.329 e. The number of anilines is 1. The highest BCUT2D eigenvalue weighted by Crippen LogP contribution is 2.39. The van der Waals surface area contributed by atoms with E-state index in [-0.39, 0.29) is 28.1 Å². The Balaban J connectivity index is 1.34. The highest BCUT2D eigenvalue weighted by molar-refractivity contribution is 7.92. The Labute approximate surface area is 253 Å². The molecule has 234 valence electrons. The fourth-order valence-electron chi connectivity index (χ4n) is 7.03. The van der Waals surface area contributed by atoms with Crippen molar-refractivity contribution in [3.05, 3.63) is 41.6 Å². The maximum Gasteiger partial charge on any atom is 0.329 e. The number of carbonyl (C=O) groups excluding carboxylic acids is 1. The molecule has 2 bridgehead atoms. The fraction of sp³-hybridized carbons (Fsp3) is 0.500. The van der Waals surface area contributed by atoms with Crippen LogP contribution in [0, 0.1) is 18.8 Å². The Morgan fingerprint density at radius 3 is 2.57 bits per heavy atom. The van der Waals surface area contributed by atoms with Crippen LogP contribution >= 0.6 is 0 Å². The lowest BCUT2D eigenvalue weighted by molar-refractivity contribution is 0.0249. The molecule has 2 N–H and O–H groups in total. The highest BCUT2D eigenvalue weighted by Gasteiger charge is 2.41. The largest absolute Gasteiger partial charge is 0.482 e. The van der Waals surface area contributed by atoms with Gasteiger partial charge in [0.05, 0.1) is 24.8 Å². The Kier molecular flexibility index (Phi) is 6.85. The van der Waals surface area contributed by atoms with Gasteiger partial charge in [0.15, 0.2) is 5.88 Å². The summed E-state index contributed by atoms with van der Waals surface area (Å²) in [5, 5.41) is 0.669. The number of fused-ring (bicyclic) bond motifs is 5. The van der Waals surface area contributed by atoms with Crippen molar-refractivity contribution in [1.82, 2.24) is 23.8 Å². The van der Waals surface area contributed by atoms with Crippen molar-refractivity contribution in [3.8, 4) is 17.3 Å². The Bertz CT molecular complexity index is 1900. The third kappa shape index (κ3) is 4.78. The molecule has 4 aromatic rings. The Morgan fingerprint density at radius 2 is 1.93 bits per heavy atom. The number of pyridine rings is 2. The lowest BCUT2D eigenvalue weighted by Gasteiger charge is -2.48. The molecule has 14 heteroatoms. The van der Waals surface area contributed by atoms with Crippen molar-refractivity contribution in [3.63, 3.8) is 0 Å². The van der Waals surface area contributed by atoms with E-state index in [1.54, 1.807) is 25.3 Å². The van der Waals surface area contributed by atoms with Crippen molar-refractivity contribution < 1.29 is 26.7 Å². The predicted octanol–water partition coefficient (Wildman–Crippen LogP) is 4.02. The molecule has 6 heterocycles. The van der Waals surface area contributed by atoms with Crippen LogP contribution in [0.3, 0.4) is 0 Å². The molecule has 4 aromatic heterocycles. The monoisotopic (exact) mass is 627 g/mol. The first kappa shape index (κ1) is 29.0. The molecule has 2 saturated heterocycles. The van der Waals surface area contributed by atoms with Gasteiger partial charge in [-0.3, -0.25) is 9.20 Å². The zero-order chi connectivity index (χ0) is 31.1. The lowest BCUT2D eigenvalue weighted by atomic mass is 9.76. The third-order valence-corrected chi connectivity index (χ3v) is 10.4. The molecule has 44 heavy (non-hydrogen) atoms. The summed E-state index contributed by atoms with van der Waals surface area (Å²) in [7, 11) is -2.72. The Hall–Kier alpha value is -3.78. The van der Waals surface area contributed by atoms with Crippen LogP contribution in [0.2, 0.25) is 0 Å². The first-order valence-corrected chi connectivity index (χ1v) is 16.7. The number of carbonyl (C=O) groups is 1. The average Bonchev–Trinajstić information content (AvgIpc) is 3.65. The second-order valence-electron chi connectivity index (χ2n) is 12.4. The van der Waals surface area contributed by atoms with Crippen molar-refractivity contribution in [2.75, 3.05) is 24.2 Å². The van der Waals surface area contributed by atoms with E-state index in [4.69, 9.17) is 15.5 Å². The number of hydrogen-bond donors (Lipinski definition) is 1. The van der Waals surface area contributed by atoms with E-state index in [1.807, 2.05) is 26.9 Å². The summed E-state index contributed by atoms with van der Waals surface area (Å²) < 4.78 is 61.6. The third-order valence-electron chi connectivity index (χ3n) is 9.33. The quantitative estimate of drug-likeness (QED) is 0.292. The summed E-state index contributed by atoms with van der Waals surface area (Å²) in [5.74, 6) is 0.821. The summed E-state index contributed by atoms with van der Waals surface area (Å²) in [4.78, 5) is 25.1. The average molecular weight is 628 g/mol. The number of halogens is 2. The van der Waals surface area contributed by atoms with Crippen molar-refractivity contribution in [2.45, 2.75) is 64.2 Å². The topological polar surface area (TPSA) is 128 Å². The zero-order valence-electron chi connectivity index (χ0n) is 24.8. The van der Waals surface area contributed by atoms with Crippen LogP contribution < -0.4 is 14.8 Å². The second kappa shape index (κ2) is 10.4. The number of methoxy groups -OCH3 is 1. The molecule has 0 aromatic carbocycles. The summed E-state index contributed by atoms with van der Waals surface area (Å²) >= 11 is 0. The summed E-state index contributed by atoms with van der Waals surface area (Å²) in [6.07, 6.45) is 5.72. The molecule has 4 fully saturated rings. The van der Waals surface area contributed by atoms with Crippen LogP contribution in [0.4, 0.5) is 14.6 Å². The minimum atomic E-state index is -4.27. The number of aryl methyl sites for hydroxylation is 1. The van der Waals surface area contributed by atoms with Crippen LogP contribution in [0.5, 0.6) is 5.88 Å². The SMILES string of the molecule is COc1cc(C(=O)N2C[C@H]3CC[C@@H]2[C@H](N)C3)cc2nc(-c3cc4ccc(N(C(F)F)S(C)(=O)=O)nc4n3CC3CC3)c(C)n12. The number of rotatable bonds is 8. The van der Waals surface area contributed by atoms with Gasteiger partial charge in [0.25, 0.3) is 5.91 Å². The van der Waals surface area contributed by atoms with Crippen LogP contribution in [-0.2, 0) is 16.6 Å². The van der Waals surface area contributed by atoms with Gasteiger partial charge in [-0.25, -0.2) is 18.4 Å². The molecule has 0 unspecified atom stereocenters. The number of imidazole rings is 1. The Morgan fingerprint density at radius 1 is 1.16 bits per heavy atom. The van der Waals surface area contributed by atoms with Crippen molar-refractivity contribution in [1.29, 1.82) is 0 Å². The number of sulfonamides is 1. The van der Waals surface area contributed by atoms with E-state index in [0.29, 0.717) is 58.7 Å². The minimum Gasteiger partial charge on any atom is -0.482 e. The van der Waals surface area contributed by atoms with Crippen LogP contribution in [0.25, 0.3) is 28.1 Å². The molecule has 0 radical (unpaired) electrons. The lowest BCUT2D eigenvalue weighted by Crippen LogP contribution is -2.60. The first-order chi connectivity index (χ1) is 20.9. The number of amides is 1. The van der Waals surface area contributed by atoms with Gasteiger partial charge in [-0.05, 0) is 75.1 Å². The van der Waals surface area contributed by atoms with E-state index < -0.39 is 16.6 Å². The fourth-order valence-corrected chi connectivity index (χ4v) is 7.76. The van der Waals surface area contributed by atoms with E-state index in [9.17, 15) is 22.0 Å². The molecule has 2 aliphatic heterocycles. The van der Waals surface area contributed by atoms with Crippen LogP contribution in [0.1, 0.15) is 48.2 Å². The van der Waals surface area contributed by atoms with E-state index >= 15 is 0 Å². The normalized spacial score (nSPS) is 22.0. The van der Waals surface area contributed by atoms with Gasteiger partial charge in [-0.1, -0.05) is 0 Å². The summed E-state index contributed by atoms with van der Waals surface area (Å²) in [6, 6.07) is 8.28. The predicted molar refractivity (Wildman–Crippen MR) is 161 cm³/mol. The van der Waals surface area contributed by atoms with Crippen molar-refractivity contribution >= 4 is 38.4 Å². The number of aromatic nitrogens is 4. The van der Waals surface area contributed by atoms with Gasteiger partial charge in [0, 0.05) is 42.2 Å².